The summed E-state index contributed by atoms with van der Waals surface area (Å²) >= 11 is 0. The quantitative estimate of drug-likeness (QED) is 0.798. The minimum atomic E-state index is -0.0956. The van der Waals surface area contributed by atoms with Gasteiger partial charge in [0.05, 0.1) is 0 Å². The molecule has 0 bridgehead atoms. The number of aryl methyl sites for hydroxylation is 1. The highest BCUT2D eigenvalue weighted by Crippen LogP contribution is 2.33. The van der Waals surface area contributed by atoms with Crippen LogP contribution in [-0.2, 0) is 11.2 Å². The van der Waals surface area contributed by atoms with E-state index in [1.165, 1.54) is 5.56 Å². The van der Waals surface area contributed by atoms with E-state index < -0.39 is 0 Å². The summed E-state index contributed by atoms with van der Waals surface area (Å²) in [7, 11) is 0. The number of nitrogens with zero attached hydrogens (tertiary/aromatic N) is 1. The fraction of sp³-hybridized carbons (Fsp3) is 0.429. The van der Waals surface area contributed by atoms with Crippen molar-refractivity contribution in [2.24, 2.45) is 4.99 Å². The topological polar surface area (TPSA) is 47.9 Å². The van der Waals surface area contributed by atoms with Gasteiger partial charge in [0.2, 0.25) is 6.79 Å². The largest absolute Gasteiger partial charge is 0.454 e. The van der Waals surface area contributed by atoms with Gasteiger partial charge in [-0.2, -0.15) is 0 Å². The highest BCUT2D eigenvalue weighted by atomic mass is 16.7. The van der Waals surface area contributed by atoms with Crippen LogP contribution < -0.4 is 9.47 Å². The molecule has 0 aliphatic carbocycles. The maximum atomic E-state index is 11.0. The summed E-state index contributed by atoms with van der Waals surface area (Å²) in [6.45, 7) is 1.91. The third-order valence-electron chi connectivity index (χ3n) is 3.26. The number of carbonyl (C=O) groups is 1. The Balaban J connectivity index is 1.49. The van der Waals surface area contributed by atoms with Crippen molar-refractivity contribution in [3.8, 4) is 11.5 Å². The molecule has 0 fully saturated rings. The third kappa shape index (κ3) is 2.23. The number of rotatable bonds is 5. The number of aliphatic imine (C=N–C) groups is 1. The maximum Gasteiger partial charge on any atom is 0.231 e. The van der Waals surface area contributed by atoms with Gasteiger partial charge in [-0.05, 0) is 43.9 Å². The molecule has 3 rings (SSSR count). The highest BCUT2D eigenvalue weighted by Gasteiger charge is 2.30. The van der Waals surface area contributed by atoms with E-state index in [2.05, 4.69) is 11.1 Å². The van der Waals surface area contributed by atoms with Gasteiger partial charge in [-0.3, -0.25) is 9.79 Å². The Morgan fingerprint density at radius 2 is 2.17 bits per heavy atom. The fourth-order valence-corrected chi connectivity index (χ4v) is 2.23. The molecule has 2 heterocycles. The molecule has 1 unspecified atom stereocenters. The first-order valence-corrected chi connectivity index (χ1v) is 6.19. The van der Waals surface area contributed by atoms with E-state index in [4.69, 9.17) is 9.47 Å². The Labute approximate surface area is 106 Å². The van der Waals surface area contributed by atoms with Gasteiger partial charge in [-0.1, -0.05) is 6.07 Å². The highest BCUT2D eigenvalue weighted by molar-refractivity contribution is 6.17. The van der Waals surface area contributed by atoms with Gasteiger partial charge in [-0.15, -0.1) is 0 Å². The minimum Gasteiger partial charge on any atom is -0.454 e. The molecule has 0 aromatic heterocycles. The zero-order valence-electron chi connectivity index (χ0n) is 10.3. The van der Waals surface area contributed by atoms with Crippen molar-refractivity contribution in [2.75, 3.05) is 6.79 Å². The zero-order valence-corrected chi connectivity index (χ0v) is 10.3. The Hall–Kier alpha value is -1.84. The van der Waals surface area contributed by atoms with E-state index in [0.29, 0.717) is 6.79 Å². The number of hydrogen-bond acceptors (Lipinski definition) is 4. The van der Waals surface area contributed by atoms with Crippen molar-refractivity contribution in [1.29, 1.82) is 0 Å². The second kappa shape index (κ2) is 4.44. The Bertz CT molecular complexity index is 522. The molecule has 0 amide bonds. The summed E-state index contributed by atoms with van der Waals surface area (Å²) < 4.78 is 10.6. The van der Waals surface area contributed by atoms with Crippen molar-refractivity contribution in [3.05, 3.63) is 23.8 Å². The molecule has 0 radical (unpaired) electrons. The Morgan fingerprint density at radius 3 is 2.94 bits per heavy atom. The number of ketones is 1. The smallest absolute Gasteiger partial charge is 0.231 e. The van der Waals surface area contributed by atoms with Crippen LogP contribution >= 0.6 is 0 Å². The molecule has 4 heteroatoms. The molecule has 0 N–H and O–H groups in total. The average Bonchev–Trinajstić information content (AvgIpc) is 2.98. The molecule has 0 saturated carbocycles. The van der Waals surface area contributed by atoms with E-state index in [0.717, 1.165) is 36.5 Å². The van der Waals surface area contributed by atoms with Gasteiger partial charge < -0.3 is 9.47 Å². The summed E-state index contributed by atoms with van der Waals surface area (Å²) in [6, 6.07) is 5.94. The van der Waals surface area contributed by atoms with E-state index in [1.54, 1.807) is 6.92 Å². The molecule has 94 valence electrons. The van der Waals surface area contributed by atoms with Gasteiger partial charge in [-0.25, -0.2) is 0 Å². The van der Waals surface area contributed by atoms with E-state index >= 15 is 0 Å². The average molecular weight is 245 g/mol. The number of benzene rings is 1. The predicted octanol–water partition coefficient (Wildman–Crippen LogP) is 2.15. The number of fused-ring (bicyclic) bond motifs is 1. The normalized spacial score (nSPS) is 19.6. The lowest BCUT2D eigenvalue weighted by molar-refractivity contribution is -0.116. The Kier molecular flexibility index (Phi) is 2.78. The first kappa shape index (κ1) is 11.3. The first-order valence-electron chi connectivity index (χ1n) is 6.19. The molecular formula is C14H15NO3. The van der Waals surface area contributed by atoms with Gasteiger partial charge in [0.25, 0.3) is 0 Å². The second-order valence-corrected chi connectivity index (χ2v) is 4.67. The lowest BCUT2D eigenvalue weighted by Crippen LogP contribution is -2.08. The van der Waals surface area contributed by atoms with Crippen LogP contribution in [0.25, 0.3) is 0 Å². The van der Waals surface area contributed by atoms with Crippen LogP contribution in [0.4, 0.5) is 0 Å². The maximum absolute atomic E-state index is 11.0. The number of ether oxygens (including phenoxy) is 2. The standard InChI is InChI=1S/C14H15NO3/c1-9(16)14-11(15-14)4-2-3-10-5-6-12-13(7-10)18-8-17-12/h5-7,14H,2-4,8H2,1H3. The summed E-state index contributed by atoms with van der Waals surface area (Å²) in [5.41, 5.74) is 2.29. The van der Waals surface area contributed by atoms with Crippen molar-refractivity contribution in [3.63, 3.8) is 0 Å². The molecule has 1 aromatic rings. The van der Waals surface area contributed by atoms with E-state index in [9.17, 15) is 4.79 Å². The van der Waals surface area contributed by atoms with Crippen LogP contribution in [0.3, 0.4) is 0 Å². The van der Waals surface area contributed by atoms with Crippen LogP contribution in [0.15, 0.2) is 23.2 Å². The van der Waals surface area contributed by atoms with Crippen LogP contribution in [-0.4, -0.2) is 24.3 Å². The molecule has 1 atom stereocenters. The first-order chi connectivity index (χ1) is 8.74. The molecule has 0 spiro atoms. The number of hydrogen-bond donors (Lipinski definition) is 0. The van der Waals surface area contributed by atoms with Crippen LogP contribution in [0.5, 0.6) is 11.5 Å². The molecule has 1 aromatic carbocycles. The van der Waals surface area contributed by atoms with Crippen LogP contribution in [0.2, 0.25) is 0 Å². The molecule has 4 nitrogen and oxygen atoms in total. The zero-order chi connectivity index (χ0) is 12.5. The summed E-state index contributed by atoms with van der Waals surface area (Å²) in [4.78, 5) is 15.2. The van der Waals surface area contributed by atoms with Crippen LogP contribution in [0.1, 0.15) is 25.3 Å². The monoisotopic (exact) mass is 245 g/mol. The van der Waals surface area contributed by atoms with Gasteiger partial charge >= 0.3 is 0 Å². The molecule has 2 aliphatic rings. The van der Waals surface area contributed by atoms with E-state index in [1.807, 2.05) is 12.1 Å². The van der Waals surface area contributed by atoms with Gasteiger partial charge in [0.15, 0.2) is 17.3 Å². The number of Topliss-reactive ketones (excluding diaryl/α,β-unsaturated/α-hetero) is 1. The predicted molar refractivity (Wildman–Crippen MR) is 67.4 cm³/mol. The SMILES string of the molecule is CC(=O)C1N=C1CCCc1ccc2c(c1)OCO2. The molecule has 2 aliphatic heterocycles. The second-order valence-electron chi connectivity index (χ2n) is 4.67. The molecular weight excluding hydrogens is 230 g/mol. The van der Waals surface area contributed by atoms with Crippen molar-refractivity contribution in [2.45, 2.75) is 32.2 Å². The summed E-state index contributed by atoms with van der Waals surface area (Å²) in [5, 5.41) is 0. The van der Waals surface area contributed by atoms with Gasteiger partial charge in [0.1, 0.15) is 6.04 Å². The van der Waals surface area contributed by atoms with Crippen molar-refractivity contribution < 1.29 is 14.3 Å². The van der Waals surface area contributed by atoms with Crippen LogP contribution in [0, 0.1) is 0 Å². The molecule has 0 saturated heterocycles. The summed E-state index contributed by atoms with van der Waals surface area (Å²) in [5.74, 6) is 1.81. The Morgan fingerprint density at radius 1 is 1.33 bits per heavy atom. The van der Waals surface area contributed by atoms with Crippen molar-refractivity contribution in [1.82, 2.24) is 0 Å². The lowest BCUT2D eigenvalue weighted by Gasteiger charge is -2.01. The van der Waals surface area contributed by atoms with E-state index in [-0.39, 0.29) is 11.8 Å². The van der Waals surface area contributed by atoms with Gasteiger partial charge in [0, 0.05) is 5.71 Å². The fourth-order valence-electron chi connectivity index (χ4n) is 2.23. The molecule has 18 heavy (non-hydrogen) atoms. The summed E-state index contributed by atoms with van der Waals surface area (Å²) in [6.07, 6.45) is 2.90. The number of carbonyl (C=O) groups excluding carboxylic acids is 1. The lowest BCUT2D eigenvalue weighted by atomic mass is 10.0. The minimum absolute atomic E-state index is 0.0956. The van der Waals surface area contributed by atoms with Crippen molar-refractivity contribution >= 4 is 11.5 Å². The third-order valence-corrected chi connectivity index (χ3v) is 3.26.